The number of benzene rings is 2. The number of alkyl halides is 6. The maximum atomic E-state index is 12.9. The van der Waals surface area contributed by atoms with Gasteiger partial charge in [0.2, 0.25) is 0 Å². The largest absolute Gasteiger partial charge is 0.486 e. The second kappa shape index (κ2) is 7.08. The molecule has 0 aliphatic heterocycles. The fourth-order valence-electron chi connectivity index (χ4n) is 2.85. The number of hydrogen-bond acceptors (Lipinski definition) is 3. The number of hydrogen-bond donors (Lipinski definition) is 1. The second-order valence-corrected chi connectivity index (χ2v) is 6.39. The van der Waals surface area contributed by atoms with Crippen LogP contribution in [0.1, 0.15) is 17.0 Å². The van der Waals surface area contributed by atoms with Gasteiger partial charge in [-0.1, -0.05) is 0 Å². The van der Waals surface area contributed by atoms with Gasteiger partial charge in [0.05, 0.1) is 28.5 Å². The summed E-state index contributed by atoms with van der Waals surface area (Å²) in [7, 11) is 0. The number of rotatable bonds is 4. The summed E-state index contributed by atoms with van der Waals surface area (Å²) in [5, 5.41) is 0. The minimum absolute atomic E-state index is 0.0473. The SMILES string of the molecule is FC(F)(F)c1cc(OCc2nc3cc(-n4ccnc4)ccc3[nH]2)cc(C(F)(F)F)c1. The van der Waals surface area contributed by atoms with Crippen molar-refractivity contribution in [3.05, 3.63) is 72.1 Å². The molecule has 0 radical (unpaired) electrons. The molecule has 0 spiro atoms. The lowest BCUT2D eigenvalue weighted by molar-refractivity contribution is -0.143. The van der Waals surface area contributed by atoms with Gasteiger partial charge in [-0.15, -0.1) is 0 Å². The van der Waals surface area contributed by atoms with Gasteiger partial charge in [0, 0.05) is 18.1 Å². The summed E-state index contributed by atoms with van der Waals surface area (Å²) in [6, 6.07) is 6.39. The van der Waals surface area contributed by atoms with Crippen LogP contribution in [0.3, 0.4) is 0 Å². The topological polar surface area (TPSA) is 55.7 Å². The molecular formula is C19H12F6N4O. The Labute approximate surface area is 164 Å². The summed E-state index contributed by atoms with van der Waals surface area (Å²) in [6.45, 7) is -0.340. The third kappa shape index (κ3) is 4.09. The smallest absolute Gasteiger partial charge is 0.416 e. The zero-order chi connectivity index (χ0) is 21.5. The first-order chi connectivity index (χ1) is 14.1. The average molecular weight is 426 g/mol. The fourth-order valence-corrected chi connectivity index (χ4v) is 2.85. The van der Waals surface area contributed by atoms with Gasteiger partial charge >= 0.3 is 12.4 Å². The quantitative estimate of drug-likeness (QED) is 0.447. The fraction of sp³-hybridized carbons (Fsp3) is 0.158. The van der Waals surface area contributed by atoms with Gasteiger partial charge in [-0.05, 0) is 36.4 Å². The normalized spacial score (nSPS) is 12.5. The van der Waals surface area contributed by atoms with Gasteiger partial charge in [0.1, 0.15) is 18.2 Å². The van der Waals surface area contributed by atoms with E-state index in [1.807, 2.05) is 0 Å². The van der Waals surface area contributed by atoms with Crippen molar-refractivity contribution in [2.45, 2.75) is 19.0 Å². The molecule has 0 amide bonds. The molecule has 4 aromatic rings. The number of aromatic amines is 1. The molecule has 0 bridgehead atoms. The van der Waals surface area contributed by atoms with Gasteiger partial charge in [-0.3, -0.25) is 0 Å². The van der Waals surface area contributed by atoms with Crippen molar-refractivity contribution in [3.63, 3.8) is 0 Å². The highest BCUT2D eigenvalue weighted by atomic mass is 19.4. The van der Waals surface area contributed by atoms with E-state index in [4.69, 9.17) is 4.74 Å². The molecule has 0 aliphatic rings. The molecule has 1 N–H and O–H groups in total. The maximum Gasteiger partial charge on any atom is 0.416 e. The van der Waals surface area contributed by atoms with E-state index in [0.717, 1.165) is 5.69 Å². The zero-order valence-electron chi connectivity index (χ0n) is 14.9. The van der Waals surface area contributed by atoms with E-state index >= 15 is 0 Å². The highest BCUT2D eigenvalue weighted by molar-refractivity contribution is 5.77. The third-order valence-corrected chi connectivity index (χ3v) is 4.25. The lowest BCUT2D eigenvalue weighted by Gasteiger charge is -2.14. The molecule has 30 heavy (non-hydrogen) atoms. The minimum atomic E-state index is -4.94. The molecule has 2 aromatic heterocycles. The van der Waals surface area contributed by atoms with E-state index < -0.39 is 29.2 Å². The number of ether oxygens (including phenoxy) is 1. The Bertz CT molecular complexity index is 1150. The van der Waals surface area contributed by atoms with Crippen molar-refractivity contribution < 1.29 is 31.1 Å². The Morgan fingerprint density at radius 1 is 0.933 bits per heavy atom. The Morgan fingerprint density at radius 2 is 1.63 bits per heavy atom. The number of nitrogens with one attached hydrogen (secondary N) is 1. The van der Waals surface area contributed by atoms with Crippen LogP contribution in [0.25, 0.3) is 16.7 Å². The van der Waals surface area contributed by atoms with Crippen molar-refractivity contribution in [2.24, 2.45) is 0 Å². The number of nitrogens with zero attached hydrogens (tertiary/aromatic N) is 3. The first-order valence-electron chi connectivity index (χ1n) is 8.49. The van der Waals surface area contributed by atoms with Crippen molar-refractivity contribution in [1.29, 1.82) is 0 Å². The Balaban J connectivity index is 1.59. The predicted molar refractivity (Wildman–Crippen MR) is 94.0 cm³/mol. The first kappa shape index (κ1) is 19.8. The molecule has 156 valence electrons. The standard InChI is InChI=1S/C19H12F6N4O/c20-18(21,22)11-5-12(19(23,24)25)7-14(6-11)30-9-17-27-15-2-1-13(8-16(15)28-17)29-4-3-26-10-29/h1-8,10H,9H2,(H,27,28). The van der Waals surface area contributed by atoms with Crippen molar-refractivity contribution in [1.82, 2.24) is 19.5 Å². The van der Waals surface area contributed by atoms with E-state index in [1.165, 1.54) is 0 Å². The highest BCUT2D eigenvalue weighted by Gasteiger charge is 2.37. The molecule has 2 heterocycles. The van der Waals surface area contributed by atoms with Crippen LogP contribution in [0.15, 0.2) is 55.1 Å². The van der Waals surface area contributed by atoms with Crippen LogP contribution in [-0.2, 0) is 19.0 Å². The van der Waals surface area contributed by atoms with E-state index in [9.17, 15) is 26.3 Å². The van der Waals surface area contributed by atoms with Gasteiger partial charge in [-0.25, -0.2) is 9.97 Å². The van der Waals surface area contributed by atoms with Crippen molar-refractivity contribution in [2.75, 3.05) is 0 Å². The van der Waals surface area contributed by atoms with Gasteiger partial charge in [-0.2, -0.15) is 26.3 Å². The van der Waals surface area contributed by atoms with E-state index in [2.05, 4.69) is 15.0 Å². The third-order valence-electron chi connectivity index (χ3n) is 4.25. The Kier molecular flexibility index (Phi) is 4.67. The number of halogens is 6. The second-order valence-electron chi connectivity index (χ2n) is 6.39. The molecule has 0 saturated heterocycles. The number of H-pyrrole nitrogens is 1. The molecule has 5 nitrogen and oxygen atoms in total. The van der Waals surface area contributed by atoms with Gasteiger partial charge < -0.3 is 14.3 Å². The molecule has 11 heteroatoms. The van der Waals surface area contributed by atoms with Crippen LogP contribution in [0.5, 0.6) is 5.75 Å². The van der Waals surface area contributed by atoms with E-state index in [1.54, 1.807) is 41.5 Å². The van der Waals surface area contributed by atoms with Crippen LogP contribution < -0.4 is 4.74 Å². The minimum Gasteiger partial charge on any atom is -0.486 e. The summed E-state index contributed by atoms with van der Waals surface area (Å²) in [5.41, 5.74) is -0.909. The Morgan fingerprint density at radius 3 is 2.23 bits per heavy atom. The molecule has 4 rings (SSSR count). The summed E-state index contributed by atoms with van der Waals surface area (Å²) >= 11 is 0. The monoisotopic (exact) mass is 426 g/mol. The zero-order valence-corrected chi connectivity index (χ0v) is 14.9. The first-order valence-corrected chi connectivity index (χ1v) is 8.49. The highest BCUT2D eigenvalue weighted by Crippen LogP contribution is 2.38. The van der Waals surface area contributed by atoms with Crippen LogP contribution >= 0.6 is 0 Å². The van der Waals surface area contributed by atoms with Crippen LogP contribution in [0.2, 0.25) is 0 Å². The van der Waals surface area contributed by atoms with Crippen LogP contribution in [0.4, 0.5) is 26.3 Å². The molecule has 0 unspecified atom stereocenters. The molecule has 2 aromatic carbocycles. The van der Waals surface area contributed by atoms with Crippen LogP contribution in [0, 0.1) is 0 Å². The van der Waals surface area contributed by atoms with Crippen molar-refractivity contribution in [3.8, 4) is 11.4 Å². The van der Waals surface area contributed by atoms with Gasteiger partial charge in [0.25, 0.3) is 0 Å². The molecule has 0 aliphatic carbocycles. The van der Waals surface area contributed by atoms with Crippen LogP contribution in [-0.4, -0.2) is 19.5 Å². The van der Waals surface area contributed by atoms with E-state index in [0.29, 0.717) is 23.2 Å². The number of aromatic nitrogens is 4. The lowest BCUT2D eigenvalue weighted by Crippen LogP contribution is -2.11. The predicted octanol–water partition coefficient (Wildman–Crippen LogP) is 5.37. The Hall–Kier alpha value is -3.50. The molecule has 0 fully saturated rings. The summed E-state index contributed by atoms with van der Waals surface area (Å²) < 4.78 is 84.6. The molecule has 0 saturated carbocycles. The van der Waals surface area contributed by atoms with Gasteiger partial charge in [0.15, 0.2) is 0 Å². The molecular weight excluding hydrogens is 414 g/mol. The number of imidazole rings is 2. The maximum absolute atomic E-state index is 12.9. The lowest BCUT2D eigenvalue weighted by atomic mass is 10.1. The number of fused-ring (bicyclic) bond motifs is 1. The summed E-state index contributed by atoms with van der Waals surface area (Å²) in [6.07, 6.45) is -4.93. The van der Waals surface area contributed by atoms with E-state index in [-0.39, 0.29) is 18.5 Å². The average Bonchev–Trinajstić information content (AvgIpc) is 3.33. The summed E-state index contributed by atoms with van der Waals surface area (Å²) in [4.78, 5) is 11.2. The molecule has 0 atom stereocenters. The van der Waals surface area contributed by atoms with Crippen molar-refractivity contribution >= 4 is 11.0 Å². The summed E-state index contributed by atoms with van der Waals surface area (Å²) in [5.74, 6) is -0.310.